The zero-order valence-electron chi connectivity index (χ0n) is 14.9. The molecule has 1 saturated heterocycles. The zero-order valence-corrected chi connectivity index (χ0v) is 16.5. The average Bonchev–Trinajstić information content (AvgIpc) is 3.44. The van der Waals surface area contributed by atoms with E-state index in [1.807, 2.05) is 0 Å². The molecule has 1 aromatic heterocycles. The van der Waals surface area contributed by atoms with E-state index in [9.17, 15) is 18.4 Å². The van der Waals surface area contributed by atoms with Gasteiger partial charge in [-0.25, -0.2) is 13.6 Å². The summed E-state index contributed by atoms with van der Waals surface area (Å²) in [7, 11) is 0. The minimum atomic E-state index is -1.03. The third kappa shape index (κ3) is 4.00. The number of amides is 3. The molecule has 3 amide bonds. The Morgan fingerprint density at radius 3 is 2.66 bits per heavy atom. The number of benzene rings is 1. The van der Waals surface area contributed by atoms with Crippen molar-refractivity contribution in [2.45, 2.75) is 30.8 Å². The summed E-state index contributed by atoms with van der Waals surface area (Å²) in [6.45, 7) is 0.0870. The summed E-state index contributed by atoms with van der Waals surface area (Å²) in [5, 5.41) is 7.35. The van der Waals surface area contributed by atoms with E-state index in [1.54, 1.807) is 6.07 Å². The largest absolute Gasteiger partial charge is 0.343 e. The molecule has 2 aliphatic rings. The number of nitrogens with one attached hydrogen (secondary N) is 3. The Kier molecular flexibility index (Phi) is 5.31. The molecular formula is C19H16Cl2F2N4O2. The standard InChI is InChI=1S/C19H16Cl2F2N4O2/c20-11-5-9(6-24-17(11)8-1-2-8)16(10-3-4-12(22)14(21)15(10)23)27-18(28)13-7-25-19(29)26-13/h3-6,8,13,16H,1-2,7H2,(H,27,28)(H2,25,26,29)/t13-,16+/m1/s1. The Morgan fingerprint density at radius 1 is 1.28 bits per heavy atom. The first-order valence-electron chi connectivity index (χ1n) is 8.98. The molecule has 10 heteroatoms. The van der Waals surface area contributed by atoms with Gasteiger partial charge in [-0.1, -0.05) is 29.3 Å². The number of carbonyl (C=O) groups excluding carboxylic acids is 2. The molecule has 2 atom stereocenters. The smallest absolute Gasteiger partial charge is 0.315 e. The molecule has 1 aliphatic carbocycles. The van der Waals surface area contributed by atoms with Crippen molar-refractivity contribution in [2.24, 2.45) is 0 Å². The van der Waals surface area contributed by atoms with Gasteiger partial charge in [0.15, 0.2) is 0 Å². The average molecular weight is 441 g/mol. The second-order valence-electron chi connectivity index (χ2n) is 7.02. The maximum Gasteiger partial charge on any atom is 0.315 e. The van der Waals surface area contributed by atoms with Crippen molar-refractivity contribution in [1.29, 1.82) is 0 Å². The van der Waals surface area contributed by atoms with Crippen LogP contribution in [0.1, 0.15) is 41.6 Å². The van der Waals surface area contributed by atoms with Gasteiger partial charge in [0.1, 0.15) is 22.7 Å². The van der Waals surface area contributed by atoms with Gasteiger partial charge in [0.2, 0.25) is 5.91 Å². The summed E-state index contributed by atoms with van der Waals surface area (Å²) < 4.78 is 28.4. The van der Waals surface area contributed by atoms with Gasteiger partial charge in [-0.15, -0.1) is 0 Å². The summed E-state index contributed by atoms with van der Waals surface area (Å²) in [6.07, 6.45) is 3.51. The number of urea groups is 1. The highest BCUT2D eigenvalue weighted by molar-refractivity contribution is 6.31. The topological polar surface area (TPSA) is 83.1 Å². The van der Waals surface area contributed by atoms with E-state index in [0.29, 0.717) is 16.5 Å². The molecule has 0 bridgehead atoms. The highest BCUT2D eigenvalue weighted by Crippen LogP contribution is 2.42. The molecule has 1 aliphatic heterocycles. The van der Waals surface area contributed by atoms with Gasteiger partial charge in [-0.2, -0.15) is 0 Å². The molecule has 0 radical (unpaired) electrons. The van der Waals surface area contributed by atoms with Gasteiger partial charge in [0.25, 0.3) is 0 Å². The Morgan fingerprint density at radius 2 is 2.03 bits per heavy atom. The molecule has 0 spiro atoms. The summed E-state index contributed by atoms with van der Waals surface area (Å²) in [6, 6.07) is 1.49. The lowest BCUT2D eigenvalue weighted by Gasteiger charge is -2.23. The lowest BCUT2D eigenvalue weighted by molar-refractivity contribution is -0.122. The fourth-order valence-corrected chi connectivity index (χ4v) is 3.74. The van der Waals surface area contributed by atoms with Crippen molar-refractivity contribution in [3.05, 3.63) is 62.9 Å². The molecule has 2 heterocycles. The lowest BCUT2D eigenvalue weighted by Crippen LogP contribution is -2.44. The number of hydrogen-bond donors (Lipinski definition) is 3. The Labute approximate surface area is 175 Å². The normalized spacial score (nSPS) is 19.4. The van der Waals surface area contributed by atoms with Gasteiger partial charge in [-0.05, 0) is 30.5 Å². The molecule has 0 unspecified atom stereocenters. The monoisotopic (exact) mass is 440 g/mol. The molecule has 1 aromatic carbocycles. The van der Waals surface area contributed by atoms with Gasteiger partial charge in [0.05, 0.1) is 16.8 Å². The van der Waals surface area contributed by atoms with Crippen molar-refractivity contribution in [1.82, 2.24) is 20.9 Å². The van der Waals surface area contributed by atoms with Gasteiger partial charge in [0, 0.05) is 24.2 Å². The van der Waals surface area contributed by atoms with Crippen LogP contribution in [0, 0.1) is 11.6 Å². The molecular weight excluding hydrogens is 425 g/mol. The quantitative estimate of drug-likeness (QED) is 0.622. The molecule has 2 fully saturated rings. The summed E-state index contributed by atoms with van der Waals surface area (Å²) in [5.74, 6) is -2.14. The van der Waals surface area contributed by atoms with E-state index in [4.69, 9.17) is 23.2 Å². The maximum absolute atomic E-state index is 14.7. The fraction of sp³-hybridized carbons (Fsp3) is 0.316. The first kappa shape index (κ1) is 19.8. The van der Waals surface area contributed by atoms with E-state index in [1.165, 1.54) is 12.3 Å². The van der Waals surface area contributed by atoms with Crippen LogP contribution in [-0.4, -0.2) is 29.5 Å². The van der Waals surface area contributed by atoms with Crippen molar-refractivity contribution in [2.75, 3.05) is 6.54 Å². The highest BCUT2D eigenvalue weighted by Gasteiger charge is 2.32. The van der Waals surface area contributed by atoms with Crippen molar-refractivity contribution in [3.63, 3.8) is 0 Å². The predicted octanol–water partition coefficient (Wildman–Crippen LogP) is 3.43. The van der Waals surface area contributed by atoms with Crippen molar-refractivity contribution in [3.8, 4) is 0 Å². The first-order chi connectivity index (χ1) is 13.8. The fourth-order valence-electron chi connectivity index (χ4n) is 3.24. The SMILES string of the molecule is O=C1NC[C@H](C(=O)N[C@@H](c2cnc(C3CC3)c(Cl)c2)c2ccc(F)c(Cl)c2F)N1. The van der Waals surface area contributed by atoms with E-state index < -0.39 is 40.7 Å². The second kappa shape index (κ2) is 7.76. The van der Waals surface area contributed by atoms with Gasteiger partial charge < -0.3 is 16.0 Å². The third-order valence-electron chi connectivity index (χ3n) is 4.94. The van der Waals surface area contributed by atoms with Crippen molar-refractivity contribution < 1.29 is 18.4 Å². The molecule has 1 saturated carbocycles. The zero-order chi connectivity index (χ0) is 20.7. The first-order valence-corrected chi connectivity index (χ1v) is 9.74. The summed E-state index contributed by atoms with van der Waals surface area (Å²) in [5.41, 5.74) is 1.12. The third-order valence-corrected chi connectivity index (χ3v) is 5.59. The number of nitrogens with zero attached hydrogens (tertiary/aromatic N) is 1. The summed E-state index contributed by atoms with van der Waals surface area (Å²) in [4.78, 5) is 28.3. The van der Waals surface area contributed by atoms with Crippen LogP contribution < -0.4 is 16.0 Å². The molecule has 152 valence electrons. The lowest BCUT2D eigenvalue weighted by atomic mass is 9.98. The van der Waals surface area contributed by atoms with Crippen molar-refractivity contribution >= 4 is 35.1 Å². The number of pyridine rings is 1. The van der Waals surface area contributed by atoms with Gasteiger partial charge >= 0.3 is 6.03 Å². The van der Waals surface area contributed by atoms with Crippen LogP contribution in [0.2, 0.25) is 10.0 Å². The minimum Gasteiger partial charge on any atom is -0.343 e. The summed E-state index contributed by atoms with van der Waals surface area (Å²) >= 11 is 12.1. The number of aromatic nitrogens is 1. The molecule has 29 heavy (non-hydrogen) atoms. The van der Waals surface area contributed by atoms with Crippen LogP contribution in [0.15, 0.2) is 24.4 Å². The number of rotatable bonds is 5. The second-order valence-corrected chi connectivity index (χ2v) is 7.81. The highest BCUT2D eigenvalue weighted by atomic mass is 35.5. The Bertz CT molecular complexity index is 1000. The van der Waals surface area contributed by atoms with Gasteiger partial charge in [-0.3, -0.25) is 9.78 Å². The van der Waals surface area contributed by atoms with Crippen LogP contribution in [0.25, 0.3) is 0 Å². The van der Waals surface area contributed by atoms with Crippen LogP contribution in [-0.2, 0) is 4.79 Å². The van der Waals surface area contributed by atoms with E-state index >= 15 is 0 Å². The van der Waals surface area contributed by atoms with Crippen LogP contribution in [0.3, 0.4) is 0 Å². The van der Waals surface area contributed by atoms with E-state index in [0.717, 1.165) is 24.6 Å². The number of carbonyl (C=O) groups is 2. The van der Waals surface area contributed by atoms with Crippen LogP contribution in [0.5, 0.6) is 0 Å². The molecule has 4 rings (SSSR count). The predicted molar refractivity (Wildman–Crippen MR) is 103 cm³/mol. The molecule has 2 aromatic rings. The minimum absolute atomic E-state index is 0.0425. The Balaban J connectivity index is 1.71. The number of hydrogen-bond acceptors (Lipinski definition) is 3. The molecule has 6 nitrogen and oxygen atoms in total. The van der Waals surface area contributed by atoms with E-state index in [2.05, 4.69) is 20.9 Å². The molecule has 3 N–H and O–H groups in total. The number of halogens is 4. The van der Waals surface area contributed by atoms with Crippen LogP contribution >= 0.6 is 23.2 Å². The van der Waals surface area contributed by atoms with Crippen LogP contribution in [0.4, 0.5) is 13.6 Å². The Hall–Kier alpha value is -2.45. The van der Waals surface area contributed by atoms with E-state index in [-0.39, 0.29) is 12.1 Å². The maximum atomic E-state index is 14.7.